The zero-order chi connectivity index (χ0) is 21.7. The molecule has 2 atom stereocenters. The summed E-state index contributed by atoms with van der Waals surface area (Å²) >= 11 is 7.32. The van der Waals surface area contributed by atoms with Gasteiger partial charge in [-0.1, -0.05) is 31.9 Å². The van der Waals surface area contributed by atoms with Crippen molar-refractivity contribution in [1.82, 2.24) is 0 Å². The van der Waals surface area contributed by atoms with Crippen LogP contribution in [0.15, 0.2) is 115 Å². The number of fused-ring (bicyclic) bond motifs is 4. The lowest BCUT2D eigenvalue weighted by molar-refractivity contribution is 1.23. The molecule has 2 unspecified atom stereocenters. The Morgan fingerprint density at radius 2 is 1.17 bits per heavy atom. The van der Waals surface area contributed by atoms with Gasteiger partial charge in [-0.15, -0.1) is 0 Å². The first-order chi connectivity index (χ1) is 14.9. The second-order valence-electron chi connectivity index (χ2n) is 7.34. The van der Waals surface area contributed by atoms with Crippen LogP contribution in [0, 0.1) is 0 Å². The molecule has 0 saturated heterocycles. The highest BCUT2D eigenvalue weighted by Gasteiger charge is 2.22. The predicted octanol–water partition coefficient (Wildman–Crippen LogP) is 5.89. The van der Waals surface area contributed by atoms with Crippen LogP contribution in [-0.2, 0) is 0 Å². The van der Waals surface area contributed by atoms with Gasteiger partial charge in [0.1, 0.15) is 0 Å². The van der Waals surface area contributed by atoms with Crippen LogP contribution in [0.5, 0.6) is 0 Å². The number of aliphatic imine (C=N–C) groups is 4. The summed E-state index contributed by atoms with van der Waals surface area (Å²) in [4.78, 5) is 19.1. The van der Waals surface area contributed by atoms with Crippen LogP contribution in [0.2, 0.25) is 0 Å². The molecule has 148 valence electrons. The van der Waals surface area contributed by atoms with E-state index in [0.29, 0.717) is 11.7 Å². The van der Waals surface area contributed by atoms with E-state index in [1.165, 1.54) is 0 Å². The van der Waals surface area contributed by atoms with Crippen molar-refractivity contribution < 1.29 is 1.37 Å². The van der Waals surface area contributed by atoms with Crippen LogP contribution in [0.3, 0.4) is 0 Å². The molecule has 6 heteroatoms. The fourth-order valence-corrected chi connectivity index (χ4v) is 4.28. The van der Waals surface area contributed by atoms with E-state index in [0.717, 1.165) is 51.1 Å². The van der Waals surface area contributed by atoms with E-state index in [-0.39, 0.29) is 9.65 Å². The predicted molar refractivity (Wildman–Crippen MR) is 133 cm³/mol. The second kappa shape index (κ2) is 7.67. The molecule has 5 aliphatic rings. The topological polar surface area (TPSA) is 49.4 Å². The molecule has 0 aliphatic carbocycles. The molecule has 5 heterocycles. The van der Waals surface area contributed by atoms with Gasteiger partial charge in [0, 0.05) is 9.65 Å². The van der Waals surface area contributed by atoms with Crippen LogP contribution >= 0.6 is 31.9 Å². The van der Waals surface area contributed by atoms with Gasteiger partial charge in [-0.3, -0.25) is 0 Å². The van der Waals surface area contributed by atoms with Gasteiger partial charge in [0.05, 0.1) is 47.0 Å². The van der Waals surface area contributed by atoms with E-state index < -0.39 is 0 Å². The van der Waals surface area contributed by atoms with E-state index in [2.05, 4.69) is 49.9 Å². The highest BCUT2D eigenvalue weighted by atomic mass is 79.9. The molecule has 0 aromatic heterocycles. The van der Waals surface area contributed by atoms with Gasteiger partial charge in [-0.25, -0.2) is 20.0 Å². The number of halogens is 2. The normalized spacial score (nSPS) is 24.3. The standard InChI is InChI=1S/C24H18Br2N4/c1-13(25)21-9-19-8-17-4-3-15(27-17)7-16-5-6-18(28-16)11-23-22(14(2)26)10-20(30-23)12-24(21)29-19/h3-14H,1-2H3/i9D. The minimum absolute atomic E-state index is 0.0123. The van der Waals surface area contributed by atoms with Crippen molar-refractivity contribution in [3.8, 4) is 0 Å². The minimum Gasteiger partial charge on any atom is -0.249 e. The molecule has 8 bridgehead atoms. The van der Waals surface area contributed by atoms with Gasteiger partial charge in [0.15, 0.2) is 0 Å². The molecule has 0 spiro atoms. The first-order valence-electron chi connectivity index (χ1n) is 10.2. The van der Waals surface area contributed by atoms with Gasteiger partial charge < -0.3 is 0 Å². The van der Waals surface area contributed by atoms with Gasteiger partial charge in [-0.2, -0.15) is 0 Å². The summed E-state index contributed by atoms with van der Waals surface area (Å²) in [6.45, 7) is 4.09. The van der Waals surface area contributed by atoms with Crippen molar-refractivity contribution in [2.75, 3.05) is 0 Å². The summed E-state index contributed by atoms with van der Waals surface area (Å²) in [5, 5.41) is 0. The largest absolute Gasteiger partial charge is 0.249 e. The van der Waals surface area contributed by atoms with Gasteiger partial charge in [-0.05, 0) is 85.7 Å². The Morgan fingerprint density at radius 3 is 1.83 bits per heavy atom. The second-order valence-corrected chi connectivity index (χ2v) is 10.1. The molecule has 5 aliphatic heterocycles. The molecule has 0 fully saturated rings. The van der Waals surface area contributed by atoms with Gasteiger partial charge in [0.25, 0.3) is 0 Å². The Morgan fingerprint density at radius 1 is 0.633 bits per heavy atom. The Hall–Kier alpha value is -2.44. The molecule has 0 radical (unpaired) electrons. The number of allylic oxidation sites excluding steroid dienone is 12. The SMILES string of the molecule is [2H]C1=C(C(C)Br)C2=NC1=CC1=NC(=CC3=NC(=CC4=NC(=C2)C=C4C(C)Br)C=C3)C=C1. The molecule has 0 N–H and O–H groups in total. The zero-order valence-corrected chi connectivity index (χ0v) is 19.6. The van der Waals surface area contributed by atoms with E-state index in [4.69, 9.17) is 16.3 Å². The summed E-state index contributed by atoms with van der Waals surface area (Å²) in [7, 11) is 0. The third-order valence-corrected chi connectivity index (χ3v) is 5.92. The molecule has 0 saturated carbocycles. The van der Waals surface area contributed by atoms with Crippen molar-refractivity contribution in [2.45, 2.75) is 23.5 Å². The molecular weight excluding hydrogens is 504 g/mol. The van der Waals surface area contributed by atoms with E-state index in [1.807, 2.05) is 55.5 Å². The fraction of sp³-hybridized carbons (Fsp3) is 0.167. The maximum atomic E-state index is 8.69. The molecule has 30 heavy (non-hydrogen) atoms. The van der Waals surface area contributed by atoms with Crippen LogP contribution in [0.4, 0.5) is 0 Å². The summed E-state index contributed by atoms with van der Waals surface area (Å²) in [5.74, 6) is 0. The number of nitrogens with zero attached hydrogens (tertiary/aromatic N) is 4. The minimum atomic E-state index is -0.0123. The Kier molecular flexibility index (Phi) is 4.69. The van der Waals surface area contributed by atoms with Crippen LogP contribution in [-0.4, -0.2) is 32.5 Å². The Labute approximate surface area is 193 Å². The first-order valence-corrected chi connectivity index (χ1v) is 11.5. The average molecular weight is 523 g/mol. The van der Waals surface area contributed by atoms with Crippen molar-refractivity contribution in [3.05, 3.63) is 94.7 Å². The summed E-state index contributed by atoms with van der Waals surface area (Å²) in [6.07, 6.45) is 17.7. The van der Waals surface area contributed by atoms with Crippen LogP contribution in [0.1, 0.15) is 15.2 Å². The number of rotatable bonds is 2. The molecule has 5 rings (SSSR count). The lowest BCUT2D eigenvalue weighted by Crippen LogP contribution is -2.05. The highest BCUT2D eigenvalue weighted by Crippen LogP contribution is 2.30. The third kappa shape index (κ3) is 3.82. The first kappa shape index (κ1) is 18.3. The van der Waals surface area contributed by atoms with Crippen molar-refractivity contribution in [1.29, 1.82) is 0 Å². The maximum absolute atomic E-state index is 8.69. The van der Waals surface area contributed by atoms with Crippen LogP contribution < -0.4 is 0 Å². The number of alkyl halides is 2. The maximum Gasteiger partial charge on any atom is 0.0702 e. The third-order valence-electron chi connectivity index (χ3n) is 4.97. The fourth-order valence-electron chi connectivity index (χ4n) is 3.56. The molecule has 0 amide bonds. The lowest BCUT2D eigenvalue weighted by atomic mass is 10.1. The van der Waals surface area contributed by atoms with Crippen molar-refractivity contribution in [3.63, 3.8) is 0 Å². The lowest BCUT2D eigenvalue weighted by Gasteiger charge is -2.05. The summed E-state index contributed by atoms with van der Waals surface area (Å²) < 4.78 is 8.69. The summed E-state index contributed by atoms with van der Waals surface area (Å²) in [5.41, 5.74) is 8.26. The van der Waals surface area contributed by atoms with Crippen molar-refractivity contribution in [2.24, 2.45) is 20.0 Å². The molecule has 4 nitrogen and oxygen atoms in total. The molecular formula is C24H18Br2N4. The quantitative estimate of drug-likeness (QED) is 0.406. The zero-order valence-electron chi connectivity index (χ0n) is 17.4. The van der Waals surface area contributed by atoms with Gasteiger partial charge in [0.2, 0.25) is 0 Å². The van der Waals surface area contributed by atoms with Gasteiger partial charge >= 0.3 is 0 Å². The average Bonchev–Trinajstić information content (AvgIpc) is 3.46. The monoisotopic (exact) mass is 521 g/mol. The van der Waals surface area contributed by atoms with Crippen molar-refractivity contribution >= 4 is 54.7 Å². The van der Waals surface area contributed by atoms with E-state index in [9.17, 15) is 0 Å². The summed E-state index contributed by atoms with van der Waals surface area (Å²) in [6, 6.07) is 0.405. The Bertz CT molecular complexity index is 1270. The highest BCUT2D eigenvalue weighted by molar-refractivity contribution is 9.09. The van der Waals surface area contributed by atoms with Crippen LogP contribution in [0.25, 0.3) is 0 Å². The smallest absolute Gasteiger partial charge is 0.0702 e. The van der Waals surface area contributed by atoms with E-state index >= 15 is 0 Å². The number of hydrogen-bond donors (Lipinski definition) is 0. The van der Waals surface area contributed by atoms with E-state index in [1.54, 1.807) is 0 Å². The number of hydrogen-bond acceptors (Lipinski definition) is 4. The Balaban J connectivity index is 1.72. The molecule has 0 aromatic rings. The molecule has 0 aromatic carbocycles.